The molecule has 4 rings (SSSR count). The molecular weight excluding hydrogens is 476 g/mol. The number of carbonyl (C=O) groups is 1. The number of rotatable bonds is 10. The number of amides is 1. The summed E-state index contributed by atoms with van der Waals surface area (Å²) in [6.45, 7) is -0.114. The third kappa shape index (κ3) is 5.88. The Morgan fingerprint density at radius 2 is 1.69 bits per heavy atom. The maximum absolute atomic E-state index is 13.7. The van der Waals surface area contributed by atoms with Crippen LogP contribution in [-0.2, 0) is 27.7 Å². The smallest absolute Gasteiger partial charge is 0.243 e. The number of aryl methyl sites for hydroxylation is 1. The van der Waals surface area contributed by atoms with Crippen LogP contribution in [0.4, 0.5) is 0 Å². The lowest BCUT2D eigenvalue weighted by Gasteiger charge is -2.28. The summed E-state index contributed by atoms with van der Waals surface area (Å²) in [7, 11) is -1.04. The minimum Gasteiger partial charge on any atom is -0.493 e. The summed E-state index contributed by atoms with van der Waals surface area (Å²) in [5, 5.41) is 3.08. The maximum atomic E-state index is 13.7. The Bertz CT molecular complexity index is 1290. The van der Waals surface area contributed by atoms with Crippen LogP contribution in [0.15, 0.2) is 77.7 Å². The number of fused-ring (bicyclic) bond motifs is 1. The Morgan fingerprint density at radius 1 is 0.972 bits per heavy atom. The molecule has 0 bridgehead atoms. The van der Waals surface area contributed by atoms with E-state index < -0.39 is 10.0 Å². The van der Waals surface area contributed by atoms with E-state index in [0.29, 0.717) is 17.9 Å². The number of hydrogen-bond acceptors (Lipinski definition) is 5. The lowest BCUT2D eigenvalue weighted by molar-refractivity contribution is -0.122. The van der Waals surface area contributed by atoms with E-state index in [9.17, 15) is 13.2 Å². The quantitative estimate of drug-likeness (QED) is 0.445. The Kier molecular flexibility index (Phi) is 8.28. The van der Waals surface area contributed by atoms with E-state index in [1.54, 1.807) is 6.07 Å². The van der Waals surface area contributed by atoms with Gasteiger partial charge >= 0.3 is 0 Å². The summed E-state index contributed by atoms with van der Waals surface area (Å²) in [5.74, 6) is 0.416. The van der Waals surface area contributed by atoms with Crippen molar-refractivity contribution in [1.82, 2.24) is 9.62 Å². The molecule has 0 heterocycles. The summed E-state index contributed by atoms with van der Waals surface area (Å²) >= 11 is 0. The first-order valence-corrected chi connectivity index (χ1v) is 13.5. The Morgan fingerprint density at radius 3 is 2.44 bits per heavy atom. The number of sulfonamides is 1. The molecule has 1 aliphatic rings. The number of hydrogen-bond donors (Lipinski definition) is 1. The molecule has 1 N–H and O–H groups in total. The SMILES string of the molecule is COc1ccc(S(=O)(=O)N(CCc2ccccc2)CC(=O)N[C@H]2CCCc3ccccc32)cc1OC. The highest BCUT2D eigenvalue weighted by Crippen LogP contribution is 2.31. The van der Waals surface area contributed by atoms with Crippen LogP contribution < -0.4 is 14.8 Å². The van der Waals surface area contributed by atoms with E-state index >= 15 is 0 Å². The molecule has 190 valence electrons. The number of carbonyl (C=O) groups excluding carboxylic acids is 1. The number of nitrogens with one attached hydrogen (secondary N) is 1. The molecule has 8 heteroatoms. The van der Waals surface area contributed by atoms with Crippen LogP contribution >= 0.6 is 0 Å². The summed E-state index contributed by atoms with van der Waals surface area (Å²) in [4.78, 5) is 13.2. The average molecular weight is 509 g/mol. The summed E-state index contributed by atoms with van der Waals surface area (Å²) in [6, 6.07) is 22.1. The molecule has 0 unspecified atom stereocenters. The van der Waals surface area contributed by atoms with Gasteiger partial charge in [-0.1, -0.05) is 54.6 Å². The van der Waals surface area contributed by atoms with Gasteiger partial charge in [0.25, 0.3) is 0 Å². The van der Waals surface area contributed by atoms with Gasteiger partial charge in [0.15, 0.2) is 11.5 Å². The predicted molar refractivity (Wildman–Crippen MR) is 139 cm³/mol. The summed E-state index contributed by atoms with van der Waals surface area (Å²) < 4.78 is 39.2. The van der Waals surface area contributed by atoms with E-state index in [1.165, 1.54) is 36.2 Å². The van der Waals surface area contributed by atoms with Crippen LogP contribution in [0.5, 0.6) is 11.5 Å². The van der Waals surface area contributed by atoms with Crippen LogP contribution in [0.3, 0.4) is 0 Å². The molecule has 0 saturated heterocycles. The van der Waals surface area contributed by atoms with Gasteiger partial charge in [0.1, 0.15) is 0 Å². The topological polar surface area (TPSA) is 84.9 Å². The van der Waals surface area contributed by atoms with Crippen LogP contribution in [0.2, 0.25) is 0 Å². The first-order chi connectivity index (χ1) is 17.4. The van der Waals surface area contributed by atoms with Gasteiger partial charge in [-0.05, 0) is 54.5 Å². The highest BCUT2D eigenvalue weighted by atomic mass is 32.2. The second kappa shape index (κ2) is 11.6. The number of ether oxygens (including phenoxy) is 2. The highest BCUT2D eigenvalue weighted by Gasteiger charge is 2.29. The molecule has 1 atom stereocenters. The Hall–Kier alpha value is -3.36. The molecule has 0 spiro atoms. The van der Waals surface area contributed by atoms with Crippen molar-refractivity contribution in [2.24, 2.45) is 0 Å². The van der Waals surface area contributed by atoms with Crippen molar-refractivity contribution in [1.29, 1.82) is 0 Å². The van der Waals surface area contributed by atoms with Crippen molar-refractivity contribution in [3.63, 3.8) is 0 Å². The monoisotopic (exact) mass is 508 g/mol. The summed E-state index contributed by atoms with van der Waals surface area (Å²) in [6.07, 6.45) is 3.27. The zero-order valence-electron chi connectivity index (χ0n) is 20.6. The van der Waals surface area contributed by atoms with E-state index in [-0.39, 0.29) is 29.9 Å². The number of nitrogens with zero attached hydrogens (tertiary/aromatic N) is 1. The van der Waals surface area contributed by atoms with Crippen molar-refractivity contribution < 1.29 is 22.7 Å². The van der Waals surface area contributed by atoms with Gasteiger partial charge in [-0.25, -0.2) is 8.42 Å². The van der Waals surface area contributed by atoms with E-state index in [2.05, 4.69) is 11.4 Å². The van der Waals surface area contributed by atoms with Crippen LogP contribution in [-0.4, -0.2) is 45.9 Å². The maximum Gasteiger partial charge on any atom is 0.243 e. The van der Waals surface area contributed by atoms with Crippen LogP contribution in [0.1, 0.15) is 35.6 Å². The molecule has 0 aromatic heterocycles. The molecule has 36 heavy (non-hydrogen) atoms. The lowest BCUT2D eigenvalue weighted by atomic mass is 9.88. The van der Waals surface area contributed by atoms with Crippen molar-refractivity contribution in [2.45, 2.75) is 36.6 Å². The van der Waals surface area contributed by atoms with Crippen molar-refractivity contribution in [3.8, 4) is 11.5 Å². The van der Waals surface area contributed by atoms with E-state index in [4.69, 9.17) is 9.47 Å². The fourth-order valence-electron chi connectivity index (χ4n) is 4.61. The molecule has 0 aliphatic heterocycles. The third-order valence-corrected chi connectivity index (χ3v) is 8.35. The van der Waals surface area contributed by atoms with Crippen molar-refractivity contribution in [2.75, 3.05) is 27.3 Å². The molecule has 0 radical (unpaired) electrons. The van der Waals surface area contributed by atoms with Crippen molar-refractivity contribution >= 4 is 15.9 Å². The third-order valence-electron chi connectivity index (χ3n) is 6.51. The molecule has 1 amide bonds. The molecule has 0 saturated carbocycles. The number of benzene rings is 3. The fourth-order valence-corrected chi connectivity index (χ4v) is 6.03. The second-order valence-corrected chi connectivity index (χ2v) is 10.7. The van der Waals surface area contributed by atoms with Gasteiger partial charge in [-0.2, -0.15) is 4.31 Å². The molecule has 1 aliphatic carbocycles. The minimum absolute atomic E-state index is 0.0454. The standard InChI is InChI=1S/C28H32N2O5S/c1-34-26-16-15-23(19-27(26)35-2)36(32,33)30(18-17-21-9-4-3-5-10-21)20-28(31)29-25-14-8-12-22-11-6-7-13-24(22)25/h3-7,9-11,13,15-16,19,25H,8,12,14,17-18,20H2,1-2H3,(H,29,31)/t25-/m0/s1. The fraction of sp³-hybridized carbons (Fsp3) is 0.321. The van der Waals surface area contributed by atoms with E-state index in [0.717, 1.165) is 30.4 Å². The first kappa shape index (κ1) is 25.7. The molecular formula is C28H32N2O5S. The normalized spacial score (nSPS) is 15.2. The van der Waals surface area contributed by atoms with Gasteiger partial charge in [0.2, 0.25) is 15.9 Å². The highest BCUT2D eigenvalue weighted by molar-refractivity contribution is 7.89. The van der Waals surface area contributed by atoms with Gasteiger partial charge in [-0.3, -0.25) is 4.79 Å². The molecule has 7 nitrogen and oxygen atoms in total. The van der Waals surface area contributed by atoms with Crippen LogP contribution in [0.25, 0.3) is 0 Å². The Balaban J connectivity index is 1.57. The molecule has 3 aromatic rings. The second-order valence-electron chi connectivity index (χ2n) is 8.80. The lowest BCUT2D eigenvalue weighted by Crippen LogP contribution is -2.43. The molecule has 0 fully saturated rings. The van der Waals surface area contributed by atoms with Gasteiger partial charge in [-0.15, -0.1) is 0 Å². The summed E-state index contributed by atoms with van der Waals surface area (Å²) in [5.41, 5.74) is 3.33. The zero-order chi connectivity index (χ0) is 25.5. The van der Waals surface area contributed by atoms with Crippen molar-refractivity contribution in [3.05, 3.63) is 89.5 Å². The zero-order valence-corrected chi connectivity index (χ0v) is 21.5. The average Bonchev–Trinajstić information content (AvgIpc) is 2.91. The van der Waals surface area contributed by atoms with Gasteiger partial charge < -0.3 is 14.8 Å². The number of methoxy groups -OCH3 is 2. The van der Waals surface area contributed by atoms with E-state index in [1.807, 2.05) is 48.5 Å². The predicted octanol–water partition coefficient (Wildman–Crippen LogP) is 4.13. The van der Waals surface area contributed by atoms with Gasteiger partial charge in [0.05, 0.1) is 31.7 Å². The molecule has 3 aromatic carbocycles. The van der Waals surface area contributed by atoms with Gasteiger partial charge in [0, 0.05) is 12.6 Å². The van der Waals surface area contributed by atoms with Crippen LogP contribution in [0, 0.1) is 0 Å². The Labute approximate surface area is 213 Å². The first-order valence-electron chi connectivity index (χ1n) is 12.1. The minimum atomic E-state index is -3.99. The largest absolute Gasteiger partial charge is 0.493 e.